The van der Waals surface area contributed by atoms with Crippen LogP contribution < -0.4 is 11.5 Å². The Labute approximate surface area is 92.5 Å². The van der Waals surface area contributed by atoms with Crippen molar-refractivity contribution in [2.45, 2.75) is 12.5 Å². The van der Waals surface area contributed by atoms with E-state index in [1.165, 1.54) is 0 Å². The Bertz CT molecular complexity index is 340. The van der Waals surface area contributed by atoms with Gasteiger partial charge in [0.1, 0.15) is 5.75 Å². The monoisotopic (exact) mass is 226 g/mol. The van der Waals surface area contributed by atoms with Crippen molar-refractivity contribution >= 4 is 11.9 Å². The van der Waals surface area contributed by atoms with Gasteiger partial charge in [-0.05, 0) is 12.1 Å². The highest BCUT2D eigenvalue weighted by atomic mass is 16.4. The van der Waals surface area contributed by atoms with Crippen LogP contribution in [0.4, 0.5) is 0 Å². The summed E-state index contributed by atoms with van der Waals surface area (Å²) in [4.78, 5) is 19.9. The van der Waals surface area contributed by atoms with Gasteiger partial charge in [0.25, 0.3) is 0 Å². The number of carboxylic acids is 1. The van der Waals surface area contributed by atoms with Gasteiger partial charge >= 0.3 is 5.97 Å². The quantitative estimate of drug-likeness (QED) is 0.561. The van der Waals surface area contributed by atoms with Crippen LogP contribution in [0.1, 0.15) is 6.42 Å². The van der Waals surface area contributed by atoms with Crippen molar-refractivity contribution < 1.29 is 19.8 Å². The fraction of sp³-hybridized carbons (Fsp3) is 0.200. The Kier molecular flexibility index (Phi) is 6.30. The van der Waals surface area contributed by atoms with Crippen LogP contribution in [-0.4, -0.2) is 28.1 Å². The fourth-order valence-corrected chi connectivity index (χ4v) is 0.717. The number of benzene rings is 1. The molecule has 1 aromatic carbocycles. The van der Waals surface area contributed by atoms with E-state index in [0.717, 1.165) is 0 Å². The number of para-hydroxylation sites is 1. The SMILES string of the molecule is NC(=O)[C@@H](N)CC(=O)O.Oc1ccccc1. The maximum Gasteiger partial charge on any atom is 0.305 e. The zero-order valence-corrected chi connectivity index (χ0v) is 8.54. The van der Waals surface area contributed by atoms with Crippen molar-refractivity contribution in [3.8, 4) is 5.75 Å². The van der Waals surface area contributed by atoms with E-state index in [0.29, 0.717) is 5.75 Å². The number of hydrogen-bond donors (Lipinski definition) is 4. The molecule has 1 atom stereocenters. The molecule has 6 nitrogen and oxygen atoms in total. The molecule has 1 amide bonds. The molecule has 16 heavy (non-hydrogen) atoms. The number of carbonyl (C=O) groups excluding carboxylic acids is 1. The molecule has 0 unspecified atom stereocenters. The van der Waals surface area contributed by atoms with Crippen LogP contribution in [0.3, 0.4) is 0 Å². The van der Waals surface area contributed by atoms with Crippen molar-refractivity contribution in [3.05, 3.63) is 30.3 Å². The van der Waals surface area contributed by atoms with E-state index in [1.807, 2.05) is 6.07 Å². The second kappa shape index (κ2) is 7.24. The van der Waals surface area contributed by atoms with E-state index in [1.54, 1.807) is 24.3 Å². The first kappa shape index (κ1) is 13.9. The zero-order chi connectivity index (χ0) is 12.6. The molecule has 0 aliphatic heterocycles. The van der Waals surface area contributed by atoms with Gasteiger partial charge in [-0.1, -0.05) is 18.2 Å². The Hall–Kier alpha value is -2.08. The highest BCUT2D eigenvalue weighted by Crippen LogP contribution is 2.02. The molecular weight excluding hydrogens is 212 g/mol. The Balaban J connectivity index is 0.000000288. The van der Waals surface area contributed by atoms with Gasteiger partial charge in [0.05, 0.1) is 12.5 Å². The molecule has 6 heteroatoms. The minimum absolute atomic E-state index is 0.322. The highest BCUT2D eigenvalue weighted by molar-refractivity contribution is 5.84. The van der Waals surface area contributed by atoms with Crippen LogP contribution in [0.25, 0.3) is 0 Å². The molecule has 0 radical (unpaired) electrons. The van der Waals surface area contributed by atoms with Crippen molar-refractivity contribution in [2.24, 2.45) is 11.5 Å². The molecule has 88 valence electrons. The second-order valence-corrected chi connectivity index (χ2v) is 2.94. The molecule has 6 N–H and O–H groups in total. The van der Waals surface area contributed by atoms with Crippen molar-refractivity contribution in [1.82, 2.24) is 0 Å². The van der Waals surface area contributed by atoms with E-state index >= 15 is 0 Å². The molecule has 0 fully saturated rings. The summed E-state index contributed by atoms with van der Waals surface area (Å²) in [5.74, 6) is -1.60. The smallest absolute Gasteiger partial charge is 0.305 e. The first-order valence-electron chi connectivity index (χ1n) is 4.44. The molecule has 0 aromatic heterocycles. The second-order valence-electron chi connectivity index (χ2n) is 2.94. The van der Waals surface area contributed by atoms with Gasteiger partial charge in [0.15, 0.2) is 0 Å². The summed E-state index contributed by atoms with van der Waals surface area (Å²) < 4.78 is 0. The van der Waals surface area contributed by atoms with Gasteiger partial charge in [-0.15, -0.1) is 0 Å². The largest absolute Gasteiger partial charge is 0.508 e. The summed E-state index contributed by atoms with van der Waals surface area (Å²) >= 11 is 0. The third kappa shape index (κ3) is 7.34. The standard InChI is InChI=1S/C6H6O.C4H8N2O3/c7-6-4-2-1-3-5-6;5-2(4(6)9)1-3(7)8/h1-5,7H;2H,1,5H2,(H2,6,9)(H,7,8)/t;2-/m.0/s1. The number of carbonyl (C=O) groups is 2. The molecule has 0 saturated carbocycles. The molecule has 0 spiro atoms. The number of primary amides is 1. The fourth-order valence-electron chi connectivity index (χ4n) is 0.717. The summed E-state index contributed by atoms with van der Waals surface area (Å²) in [6, 6.07) is 7.65. The lowest BCUT2D eigenvalue weighted by Gasteiger charge is -2.00. The lowest BCUT2D eigenvalue weighted by molar-refractivity contribution is -0.139. The third-order valence-electron chi connectivity index (χ3n) is 1.52. The van der Waals surface area contributed by atoms with E-state index in [-0.39, 0.29) is 0 Å². The van der Waals surface area contributed by atoms with Gasteiger partial charge in [-0.25, -0.2) is 0 Å². The number of hydrogen-bond acceptors (Lipinski definition) is 4. The molecule has 1 aromatic rings. The normalized spacial score (nSPS) is 10.8. The van der Waals surface area contributed by atoms with Crippen LogP contribution in [0.2, 0.25) is 0 Å². The van der Waals surface area contributed by atoms with Gasteiger partial charge in [0, 0.05) is 0 Å². The molecule has 0 heterocycles. The molecular formula is C10H14N2O4. The van der Waals surface area contributed by atoms with E-state index in [4.69, 9.17) is 15.9 Å². The number of amides is 1. The topological polar surface area (TPSA) is 127 Å². The van der Waals surface area contributed by atoms with E-state index in [2.05, 4.69) is 5.73 Å². The average Bonchev–Trinajstić information content (AvgIpc) is 2.18. The van der Waals surface area contributed by atoms with Crippen molar-refractivity contribution in [3.63, 3.8) is 0 Å². The number of aliphatic carboxylic acids is 1. The van der Waals surface area contributed by atoms with Gasteiger partial charge in [-0.2, -0.15) is 0 Å². The Morgan fingerprint density at radius 2 is 1.75 bits per heavy atom. The predicted molar refractivity (Wildman–Crippen MR) is 57.5 cm³/mol. The number of nitrogens with two attached hydrogens (primary N) is 2. The predicted octanol–water partition coefficient (Wildman–Crippen LogP) is -0.334. The van der Waals surface area contributed by atoms with Gasteiger partial charge in [-0.3, -0.25) is 9.59 Å². The molecule has 1 rings (SSSR count). The molecule has 0 bridgehead atoms. The zero-order valence-electron chi connectivity index (χ0n) is 8.54. The number of phenols is 1. The van der Waals surface area contributed by atoms with Crippen molar-refractivity contribution in [2.75, 3.05) is 0 Å². The highest BCUT2D eigenvalue weighted by Gasteiger charge is 2.12. The van der Waals surface area contributed by atoms with Crippen LogP contribution >= 0.6 is 0 Å². The Morgan fingerprint density at radius 1 is 1.25 bits per heavy atom. The number of carboxylic acid groups (broad SMARTS) is 1. The first-order chi connectivity index (χ1) is 7.43. The van der Waals surface area contributed by atoms with Gasteiger partial charge in [0.2, 0.25) is 5.91 Å². The Morgan fingerprint density at radius 3 is 1.94 bits per heavy atom. The molecule has 0 saturated heterocycles. The average molecular weight is 226 g/mol. The summed E-state index contributed by atoms with van der Waals surface area (Å²) in [5, 5.41) is 16.7. The molecule has 0 aliphatic rings. The number of phenolic OH excluding ortho intramolecular Hbond substituents is 1. The number of aromatic hydroxyl groups is 1. The molecule has 0 aliphatic carbocycles. The maximum atomic E-state index is 10.1. The number of rotatable bonds is 3. The van der Waals surface area contributed by atoms with E-state index in [9.17, 15) is 9.59 Å². The minimum atomic E-state index is -1.12. The van der Waals surface area contributed by atoms with Gasteiger partial charge < -0.3 is 21.7 Å². The van der Waals surface area contributed by atoms with Crippen LogP contribution in [-0.2, 0) is 9.59 Å². The minimum Gasteiger partial charge on any atom is -0.508 e. The summed E-state index contributed by atoms with van der Waals surface area (Å²) in [7, 11) is 0. The van der Waals surface area contributed by atoms with Crippen molar-refractivity contribution in [1.29, 1.82) is 0 Å². The summed E-state index contributed by atoms with van der Waals surface area (Å²) in [6.07, 6.45) is -0.407. The van der Waals surface area contributed by atoms with Crippen LogP contribution in [0.15, 0.2) is 30.3 Å². The lowest BCUT2D eigenvalue weighted by atomic mass is 10.2. The van der Waals surface area contributed by atoms with Crippen LogP contribution in [0, 0.1) is 0 Å². The third-order valence-corrected chi connectivity index (χ3v) is 1.52. The lowest BCUT2D eigenvalue weighted by Crippen LogP contribution is -2.38. The summed E-state index contributed by atoms with van der Waals surface area (Å²) in [6.45, 7) is 0. The maximum absolute atomic E-state index is 10.1. The van der Waals surface area contributed by atoms with Crippen LogP contribution in [0.5, 0.6) is 5.75 Å². The first-order valence-corrected chi connectivity index (χ1v) is 4.44. The summed E-state index contributed by atoms with van der Waals surface area (Å²) in [5.41, 5.74) is 9.62. The van der Waals surface area contributed by atoms with E-state index < -0.39 is 24.3 Å².